The van der Waals surface area contributed by atoms with E-state index in [4.69, 9.17) is 0 Å². The van der Waals surface area contributed by atoms with Crippen molar-refractivity contribution in [3.05, 3.63) is 47.3 Å². The van der Waals surface area contributed by atoms with Crippen molar-refractivity contribution in [1.82, 2.24) is 4.98 Å². The van der Waals surface area contributed by atoms with Crippen LogP contribution < -0.4 is 10.2 Å². The second-order valence-electron chi connectivity index (χ2n) is 6.45. The largest absolute Gasteiger partial charge is 0.871 e. The number of aryl methyl sites for hydroxylation is 1. The summed E-state index contributed by atoms with van der Waals surface area (Å²) >= 11 is 0.149. The number of unbranched alkanes of at least 4 members (excludes halogenated alkanes) is 2. The maximum absolute atomic E-state index is 11.9. The van der Waals surface area contributed by atoms with Gasteiger partial charge in [-0.1, -0.05) is 29.7 Å². The van der Waals surface area contributed by atoms with Crippen molar-refractivity contribution < 1.29 is 15.3 Å². The molecule has 150 valence electrons. The van der Waals surface area contributed by atoms with Gasteiger partial charge in [0.2, 0.25) is 0 Å². The average Bonchev–Trinajstić information content (AvgIpc) is 2.70. The second-order valence-corrected chi connectivity index (χ2v) is 10.7. The van der Waals surface area contributed by atoms with Gasteiger partial charge in [0.1, 0.15) is 0 Å². The van der Waals surface area contributed by atoms with E-state index in [2.05, 4.69) is 23.8 Å². The molecule has 2 aromatic rings. The van der Waals surface area contributed by atoms with E-state index in [1.807, 2.05) is 0 Å². The molecule has 6 heteroatoms. The average molecular weight is 489 g/mol. The summed E-state index contributed by atoms with van der Waals surface area (Å²) in [5.41, 5.74) is 1.23. The SMILES string of the molecule is CCC[CH2][Sn+2][CH2]CCC.Cc1ncc(CO)c(C=Nc2ccccc2[O-])c1[O-]. The van der Waals surface area contributed by atoms with Gasteiger partial charge in [-0.05, 0) is 18.6 Å². The first-order valence-electron chi connectivity index (χ1n) is 9.82. The molecular weight excluding hydrogens is 459 g/mol. The van der Waals surface area contributed by atoms with Gasteiger partial charge in [0.25, 0.3) is 0 Å². The number of para-hydroxylation sites is 2. The Balaban J connectivity index is 0.000000370. The molecule has 1 heterocycles. The van der Waals surface area contributed by atoms with Gasteiger partial charge in [-0.2, -0.15) is 0 Å². The number of pyridine rings is 1. The van der Waals surface area contributed by atoms with Crippen molar-refractivity contribution in [2.75, 3.05) is 0 Å². The minimum Gasteiger partial charge on any atom is -0.871 e. The molecule has 0 aliphatic rings. The third-order valence-electron chi connectivity index (χ3n) is 4.12. The normalized spacial score (nSPS) is 10.4. The molecule has 1 N–H and O–H groups in total. The van der Waals surface area contributed by atoms with Crippen LogP contribution in [0.15, 0.2) is 35.5 Å². The molecule has 0 unspecified atom stereocenters. The Morgan fingerprint density at radius 3 is 2.32 bits per heavy atom. The van der Waals surface area contributed by atoms with Gasteiger partial charge in [0.15, 0.2) is 0 Å². The Morgan fingerprint density at radius 2 is 1.75 bits per heavy atom. The van der Waals surface area contributed by atoms with Crippen LogP contribution in [0.25, 0.3) is 0 Å². The van der Waals surface area contributed by atoms with Crippen LogP contribution in [0.2, 0.25) is 8.87 Å². The molecule has 0 atom stereocenters. The number of aliphatic imine (C=N–C) groups is 1. The zero-order chi connectivity index (χ0) is 20.8. The van der Waals surface area contributed by atoms with Crippen LogP contribution in [-0.2, 0) is 6.61 Å². The topological polar surface area (TPSA) is 91.6 Å². The summed E-state index contributed by atoms with van der Waals surface area (Å²) in [6.45, 7) is 5.86. The predicted octanol–water partition coefficient (Wildman–Crippen LogP) is 3.91. The van der Waals surface area contributed by atoms with Gasteiger partial charge >= 0.3 is 69.5 Å². The molecule has 0 bridgehead atoms. The third kappa shape index (κ3) is 8.61. The summed E-state index contributed by atoms with van der Waals surface area (Å²) < 4.78 is 3.25. The summed E-state index contributed by atoms with van der Waals surface area (Å²) in [6, 6.07) is 6.28. The number of benzene rings is 1. The maximum Gasteiger partial charge on any atom is 0.0703 e. The molecule has 0 aliphatic heterocycles. The Kier molecular flexibility index (Phi) is 12.6. The van der Waals surface area contributed by atoms with E-state index in [0.717, 1.165) is 0 Å². The van der Waals surface area contributed by atoms with E-state index >= 15 is 0 Å². The number of hydrogen-bond acceptors (Lipinski definition) is 5. The van der Waals surface area contributed by atoms with Crippen LogP contribution in [0.1, 0.15) is 56.4 Å². The van der Waals surface area contributed by atoms with Gasteiger partial charge in [0, 0.05) is 23.7 Å². The number of rotatable bonds is 9. The molecule has 28 heavy (non-hydrogen) atoms. The molecule has 0 aliphatic carbocycles. The minimum atomic E-state index is -0.303. The van der Waals surface area contributed by atoms with Crippen molar-refractivity contribution in [3.63, 3.8) is 0 Å². The number of aliphatic hydroxyl groups excluding tert-OH is 1. The standard InChI is InChI=1S/C14H14N2O3.2C4H9.Sn/c1-9-14(19)11(10(8-17)6-15-9)7-16-12-4-2-3-5-13(12)18;2*1-3-4-2;/h2-7,17-19H,8H2,1H3;2*1,3-4H2,2H3;/q;;;+2/p-2. The first kappa shape index (κ1) is 24.4. The van der Waals surface area contributed by atoms with Gasteiger partial charge in [-0.25, -0.2) is 0 Å². The molecule has 2 rings (SSSR count). The van der Waals surface area contributed by atoms with Crippen molar-refractivity contribution in [1.29, 1.82) is 0 Å². The number of nitrogens with zero attached hydrogens (tertiary/aromatic N) is 2. The van der Waals surface area contributed by atoms with Crippen LogP contribution in [0, 0.1) is 6.92 Å². The maximum atomic E-state index is 11.9. The Hall–Kier alpha value is -1.60. The van der Waals surface area contributed by atoms with Gasteiger partial charge in [-0.3, -0.25) is 9.98 Å². The van der Waals surface area contributed by atoms with E-state index in [0.29, 0.717) is 11.3 Å². The number of aliphatic hydroxyl groups is 1. The number of hydrogen-bond donors (Lipinski definition) is 1. The van der Waals surface area contributed by atoms with E-state index in [-0.39, 0.29) is 50.5 Å². The van der Waals surface area contributed by atoms with Crippen LogP contribution in [0.5, 0.6) is 11.5 Å². The van der Waals surface area contributed by atoms with Crippen LogP contribution in [0.4, 0.5) is 5.69 Å². The zero-order valence-electron chi connectivity index (χ0n) is 17.1. The first-order valence-corrected chi connectivity index (χ1v) is 13.9. The summed E-state index contributed by atoms with van der Waals surface area (Å²) in [7, 11) is 0. The third-order valence-corrected chi connectivity index (χ3v) is 8.15. The molecule has 0 spiro atoms. The van der Waals surface area contributed by atoms with E-state index in [1.54, 1.807) is 34.0 Å². The number of aromatic nitrogens is 1. The fraction of sp³-hybridized carbons (Fsp3) is 0.455. The van der Waals surface area contributed by atoms with E-state index in [9.17, 15) is 15.3 Å². The molecule has 1 aromatic carbocycles. The summed E-state index contributed by atoms with van der Waals surface area (Å²) in [6.07, 6.45) is 8.58. The van der Waals surface area contributed by atoms with Gasteiger partial charge < -0.3 is 15.3 Å². The first-order chi connectivity index (χ1) is 13.5. The molecular formula is C22H30N2O3Sn. The Bertz CT molecular complexity index is 730. The zero-order valence-corrected chi connectivity index (χ0v) is 19.9. The molecule has 1 aromatic heterocycles. The quantitative estimate of drug-likeness (QED) is 0.329. The smallest absolute Gasteiger partial charge is 0.0703 e. The van der Waals surface area contributed by atoms with Crippen molar-refractivity contribution in [2.45, 2.75) is 61.9 Å². The molecule has 0 amide bonds. The van der Waals surface area contributed by atoms with Gasteiger partial charge in [0.05, 0.1) is 12.3 Å². The van der Waals surface area contributed by atoms with Crippen molar-refractivity contribution >= 4 is 33.0 Å². The van der Waals surface area contributed by atoms with Crippen LogP contribution in [-0.4, -0.2) is 37.4 Å². The van der Waals surface area contributed by atoms with Crippen molar-refractivity contribution in [3.8, 4) is 11.5 Å². The minimum absolute atomic E-state index is 0.149. The van der Waals surface area contributed by atoms with Gasteiger partial charge in [-0.15, -0.1) is 0 Å². The predicted molar refractivity (Wildman–Crippen MR) is 113 cm³/mol. The summed E-state index contributed by atoms with van der Waals surface area (Å²) in [4.78, 5) is 7.90. The summed E-state index contributed by atoms with van der Waals surface area (Å²) in [5.74, 6) is -0.513. The van der Waals surface area contributed by atoms with Crippen molar-refractivity contribution in [2.24, 2.45) is 4.99 Å². The van der Waals surface area contributed by atoms with Crippen LogP contribution >= 0.6 is 0 Å². The fourth-order valence-electron chi connectivity index (χ4n) is 2.34. The monoisotopic (exact) mass is 490 g/mol. The van der Waals surface area contributed by atoms with E-state index in [1.165, 1.54) is 44.2 Å². The molecule has 5 nitrogen and oxygen atoms in total. The Labute approximate surface area is 178 Å². The van der Waals surface area contributed by atoms with E-state index < -0.39 is 0 Å². The Morgan fingerprint density at radius 1 is 1.11 bits per heavy atom. The fourth-order valence-corrected chi connectivity index (χ4v) is 6.50. The molecule has 0 radical (unpaired) electrons. The van der Waals surface area contributed by atoms with Crippen LogP contribution in [0.3, 0.4) is 0 Å². The molecule has 0 saturated carbocycles. The summed E-state index contributed by atoms with van der Waals surface area (Å²) in [5, 5.41) is 32.6. The molecule has 0 fully saturated rings. The second kappa shape index (κ2) is 14.4. The molecule has 0 saturated heterocycles.